The molecule has 0 saturated carbocycles. The first-order valence-corrected chi connectivity index (χ1v) is 10.00. The molecule has 0 aliphatic rings. The molecule has 0 bridgehead atoms. The van der Waals surface area contributed by atoms with Gasteiger partial charge in [0.1, 0.15) is 5.82 Å². The molecule has 4 nitrogen and oxygen atoms in total. The fourth-order valence-corrected chi connectivity index (χ4v) is 3.33. The number of carbonyl (C=O) groups excluding carboxylic acids is 2. The van der Waals surface area contributed by atoms with Crippen molar-refractivity contribution in [2.75, 3.05) is 6.61 Å². The predicted molar refractivity (Wildman–Crippen MR) is 118 cm³/mol. The highest BCUT2D eigenvalue weighted by Crippen LogP contribution is 2.26. The van der Waals surface area contributed by atoms with Crippen molar-refractivity contribution in [1.82, 2.24) is 4.98 Å². The zero-order chi connectivity index (χ0) is 21.8. The smallest absolute Gasteiger partial charge is 0.339 e. The summed E-state index contributed by atoms with van der Waals surface area (Å²) >= 11 is 0. The Morgan fingerprint density at radius 2 is 1.65 bits per heavy atom. The minimum absolute atomic E-state index is 0.283. The second kappa shape index (κ2) is 8.88. The van der Waals surface area contributed by atoms with E-state index < -0.39 is 24.2 Å². The number of fused-ring (bicyclic) bond motifs is 1. The molecule has 0 amide bonds. The van der Waals surface area contributed by atoms with Crippen molar-refractivity contribution in [2.45, 2.75) is 13.3 Å². The van der Waals surface area contributed by atoms with Gasteiger partial charge in [0.2, 0.25) is 0 Å². The number of para-hydroxylation sites is 1. The van der Waals surface area contributed by atoms with E-state index in [1.165, 1.54) is 29.8 Å². The number of benzene rings is 3. The molecule has 5 heteroatoms. The zero-order valence-corrected chi connectivity index (χ0v) is 17.0. The monoisotopic (exact) mass is 413 g/mol. The first-order valence-electron chi connectivity index (χ1n) is 10.00. The molecule has 0 spiro atoms. The van der Waals surface area contributed by atoms with Crippen molar-refractivity contribution >= 4 is 22.7 Å². The van der Waals surface area contributed by atoms with Crippen molar-refractivity contribution in [1.29, 1.82) is 0 Å². The van der Waals surface area contributed by atoms with Crippen molar-refractivity contribution in [3.63, 3.8) is 0 Å². The van der Waals surface area contributed by atoms with E-state index in [2.05, 4.69) is 11.9 Å². The Morgan fingerprint density at radius 1 is 0.935 bits per heavy atom. The average Bonchev–Trinajstić information content (AvgIpc) is 2.82. The van der Waals surface area contributed by atoms with Crippen molar-refractivity contribution in [3.05, 3.63) is 101 Å². The van der Waals surface area contributed by atoms with E-state index in [1.54, 1.807) is 12.1 Å². The van der Waals surface area contributed by atoms with Gasteiger partial charge in [0.05, 0.1) is 16.8 Å². The lowest BCUT2D eigenvalue weighted by atomic mass is 10.0. The van der Waals surface area contributed by atoms with Gasteiger partial charge in [0, 0.05) is 16.5 Å². The molecule has 1 heterocycles. The van der Waals surface area contributed by atoms with Crippen LogP contribution in [0.3, 0.4) is 0 Å². The molecule has 0 radical (unpaired) electrons. The number of hydrogen-bond acceptors (Lipinski definition) is 4. The molecule has 0 saturated heterocycles. The standard InChI is InChI=1S/C26H20FNO3/c1-2-17-7-9-18(10-8-17)24-15-22(21-5-3-4-6-23(21)28-24)26(30)31-16-25(29)19-11-13-20(27)14-12-19/h3-15H,2,16H2,1H3. The van der Waals surface area contributed by atoms with Crippen LogP contribution in [0.2, 0.25) is 0 Å². The fraction of sp³-hybridized carbons (Fsp3) is 0.115. The van der Waals surface area contributed by atoms with Crippen LogP contribution in [0.4, 0.5) is 4.39 Å². The molecule has 0 aliphatic carbocycles. The second-order valence-electron chi connectivity index (χ2n) is 7.13. The molecule has 3 aromatic carbocycles. The number of hydrogen-bond donors (Lipinski definition) is 0. The molecular weight excluding hydrogens is 393 g/mol. The molecule has 0 aliphatic heterocycles. The van der Waals surface area contributed by atoms with E-state index >= 15 is 0 Å². The number of carbonyl (C=O) groups is 2. The van der Waals surface area contributed by atoms with Gasteiger partial charge in [-0.25, -0.2) is 14.2 Å². The summed E-state index contributed by atoms with van der Waals surface area (Å²) < 4.78 is 18.4. The first-order chi connectivity index (χ1) is 15.0. The second-order valence-corrected chi connectivity index (χ2v) is 7.13. The highest BCUT2D eigenvalue weighted by atomic mass is 19.1. The normalized spacial score (nSPS) is 10.8. The van der Waals surface area contributed by atoms with E-state index in [0.717, 1.165) is 12.0 Å². The zero-order valence-electron chi connectivity index (χ0n) is 17.0. The van der Waals surface area contributed by atoms with Crippen molar-refractivity contribution in [3.8, 4) is 11.3 Å². The number of aryl methyl sites for hydroxylation is 1. The van der Waals surface area contributed by atoms with Crippen LogP contribution in [-0.4, -0.2) is 23.3 Å². The highest BCUT2D eigenvalue weighted by Gasteiger charge is 2.17. The van der Waals surface area contributed by atoms with Crippen LogP contribution < -0.4 is 0 Å². The maximum Gasteiger partial charge on any atom is 0.339 e. The quantitative estimate of drug-likeness (QED) is 0.303. The summed E-state index contributed by atoms with van der Waals surface area (Å²) in [4.78, 5) is 29.8. The van der Waals surface area contributed by atoms with E-state index in [0.29, 0.717) is 22.2 Å². The third-order valence-corrected chi connectivity index (χ3v) is 5.09. The Balaban J connectivity index is 1.62. The summed E-state index contributed by atoms with van der Waals surface area (Å²) in [6.45, 7) is 1.66. The van der Waals surface area contributed by atoms with Crippen LogP contribution in [0.25, 0.3) is 22.2 Å². The van der Waals surface area contributed by atoms with Gasteiger partial charge in [0.25, 0.3) is 0 Å². The predicted octanol–water partition coefficient (Wildman–Crippen LogP) is 5.64. The van der Waals surface area contributed by atoms with Gasteiger partial charge in [-0.3, -0.25) is 4.79 Å². The van der Waals surface area contributed by atoms with Crippen LogP contribution >= 0.6 is 0 Å². The molecule has 31 heavy (non-hydrogen) atoms. The van der Waals surface area contributed by atoms with Gasteiger partial charge < -0.3 is 4.74 Å². The van der Waals surface area contributed by atoms with Crippen LogP contribution in [0, 0.1) is 5.82 Å². The number of halogens is 1. The maximum atomic E-state index is 13.1. The molecule has 0 atom stereocenters. The maximum absolute atomic E-state index is 13.1. The summed E-state index contributed by atoms with van der Waals surface area (Å²) in [6, 6.07) is 22.1. The number of pyridine rings is 1. The Bertz CT molecular complexity index is 1250. The van der Waals surface area contributed by atoms with Crippen LogP contribution in [0.5, 0.6) is 0 Å². The lowest BCUT2D eigenvalue weighted by molar-refractivity contribution is 0.0476. The molecule has 1 aromatic heterocycles. The molecule has 4 aromatic rings. The number of esters is 1. The lowest BCUT2D eigenvalue weighted by Crippen LogP contribution is -2.15. The largest absolute Gasteiger partial charge is 0.454 e. The molecular formula is C26H20FNO3. The summed E-state index contributed by atoms with van der Waals surface area (Å²) in [5, 5.41) is 0.649. The number of ketones is 1. The van der Waals surface area contributed by atoms with Gasteiger partial charge in [-0.1, -0.05) is 49.4 Å². The van der Waals surface area contributed by atoms with Gasteiger partial charge in [-0.15, -0.1) is 0 Å². The number of ether oxygens (including phenoxy) is 1. The number of rotatable bonds is 6. The van der Waals surface area contributed by atoms with Crippen molar-refractivity contribution < 1.29 is 18.7 Å². The van der Waals surface area contributed by atoms with Gasteiger partial charge in [-0.2, -0.15) is 0 Å². The summed E-state index contributed by atoms with van der Waals surface area (Å²) in [6.07, 6.45) is 0.936. The minimum Gasteiger partial charge on any atom is -0.454 e. The van der Waals surface area contributed by atoms with E-state index in [9.17, 15) is 14.0 Å². The topological polar surface area (TPSA) is 56.3 Å². The number of aromatic nitrogens is 1. The Morgan fingerprint density at radius 3 is 2.35 bits per heavy atom. The van der Waals surface area contributed by atoms with Gasteiger partial charge in [-0.05, 0) is 48.4 Å². The van der Waals surface area contributed by atoms with Crippen LogP contribution in [-0.2, 0) is 11.2 Å². The van der Waals surface area contributed by atoms with Gasteiger partial charge in [0.15, 0.2) is 12.4 Å². The van der Waals surface area contributed by atoms with E-state index in [4.69, 9.17) is 4.74 Å². The lowest BCUT2D eigenvalue weighted by Gasteiger charge is -2.10. The SMILES string of the molecule is CCc1ccc(-c2cc(C(=O)OCC(=O)c3ccc(F)cc3)c3ccccc3n2)cc1. The Kier molecular flexibility index (Phi) is 5.85. The highest BCUT2D eigenvalue weighted by molar-refractivity contribution is 6.06. The van der Waals surface area contributed by atoms with E-state index in [-0.39, 0.29) is 5.56 Å². The molecule has 154 valence electrons. The average molecular weight is 413 g/mol. The van der Waals surface area contributed by atoms with Crippen molar-refractivity contribution in [2.24, 2.45) is 0 Å². The van der Waals surface area contributed by atoms with Gasteiger partial charge >= 0.3 is 5.97 Å². The summed E-state index contributed by atoms with van der Waals surface area (Å²) in [5.74, 6) is -1.45. The minimum atomic E-state index is -0.611. The van der Waals surface area contributed by atoms with E-state index in [1.807, 2.05) is 42.5 Å². The third kappa shape index (κ3) is 4.51. The van der Waals surface area contributed by atoms with Crippen LogP contribution in [0.15, 0.2) is 78.9 Å². The third-order valence-electron chi connectivity index (χ3n) is 5.09. The number of Topliss-reactive ketones (excluding diaryl/α,β-unsaturated/α-hetero) is 1. The molecule has 0 fully saturated rings. The molecule has 0 N–H and O–H groups in total. The molecule has 0 unspecified atom stereocenters. The first kappa shape index (κ1) is 20.4. The Hall–Kier alpha value is -3.86. The summed E-state index contributed by atoms with van der Waals surface area (Å²) in [7, 11) is 0. The van der Waals surface area contributed by atoms with Crippen LogP contribution in [0.1, 0.15) is 33.2 Å². The summed E-state index contributed by atoms with van der Waals surface area (Å²) in [5.41, 5.74) is 4.04. The fourth-order valence-electron chi connectivity index (χ4n) is 3.33. The number of nitrogens with zero attached hydrogens (tertiary/aromatic N) is 1. The molecule has 4 rings (SSSR count). The Labute approximate surface area is 179 Å².